The summed E-state index contributed by atoms with van der Waals surface area (Å²) in [7, 11) is 0. The van der Waals surface area contributed by atoms with E-state index < -0.39 is 0 Å². The van der Waals surface area contributed by atoms with Crippen LogP contribution in [0.4, 0.5) is 0 Å². The van der Waals surface area contributed by atoms with E-state index in [2.05, 4.69) is 107 Å². The highest BCUT2D eigenvalue weighted by molar-refractivity contribution is 5.92. The molecule has 0 saturated heterocycles. The molecule has 0 N–H and O–H groups in total. The van der Waals surface area contributed by atoms with E-state index in [1.807, 2.05) is 6.07 Å². The van der Waals surface area contributed by atoms with E-state index in [9.17, 15) is 0 Å². The molecule has 0 saturated carbocycles. The monoisotopic (exact) mass is 373 g/mol. The number of hydrogen-bond acceptors (Lipinski definition) is 1. The molecular formula is C26H19N3. The number of fused-ring (bicyclic) bond motifs is 5. The van der Waals surface area contributed by atoms with Gasteiger partial charge in [0, 0.05) is 5.69 Å². The molecule has 0 amide bonds. The zero-order valence-corrected chi connectivity index (χ0v) is 16.1. The van der Waals surface area contributed by atoms with E-state index in [1.165, 1.54) is 16.7 Å². The molecule has 0 aliphatic carbocycles. The number of benzene rings is 4. The van der Waals surface area contributed by atoms with Gasteiger partial charge in [-0.3, -0.25) is 8.97 Å². The van der Waals surface area contributed by atoms with E-state index in [-0.39, 0.29) is 0 Å². The molecule has 0 aliphatic heterocycles. The number of imidazole rings is 2. The van der Waals surface area contributed by atoms with Crippen molar-refractivity contribution in [1.29, 1.82) is 0 Å². The Balaban J connectivity index is 1.68. The van der Waals surface area contributed by atoms with Gasteiger partial charge >= 0.3 is 0 Å². The highest BCUT2D eigenvalue weighted by atomic mass is 15.2. The second kappa shape index (κ2) is 6.08. The third-order valence-corrected chi connectivity index (χ3v) is 5.56. The lowest BCUT2D eigenvalue weighted by Crippen LogP contribution is -1.95. The molecule has 0 spiro atoms. The average Bonchev–Trinajstić information content (AvgIpc) is 3.28. The van der Waals surface area contributed by atoms with Gasteiger partial charge in [-0.05, 0) is 54.4 Å². The summed E-state index contributed by atoms with van der Waals surface area (Å²) in [5, 5.41) is 0. The molecular weight excluding hydrogens is 354 g/mol. The number of aryl methyl sites for hydroxylation is 1. The molecule has 3 heteroatoms. The maximum atomic E-state index is 4.97. The van der Waals surface area contributed by atoms with E-state index >= 15 is 0 Å². The van der Waals surface area contributed by atoms with Crippen molar-refractivity contribution in [2.75, 3.05) is 0 Å². The molecule has 4 aromatic carbocycles. The van der Waals surface area contributed by atoms with Crippen LogP contribution in [0.15, 0.2) is 97.1 Å². The van der Waals surface area contributed by atoms with Crippen LogP contribution < -0.4 is 0 Å². The van der Waals surface area contributed by atoms with Gasteiger partial charge in [0.1, 0.15) is 0 Å². The SMILES string of the molecule is Cc1cccc(-c2cccc(-n3c4ccccc4n4c5ccccc5nc34)c2)c1. The lowest BCUT2D eigenvalue weighted by molar-refractivity contribution is 1.11. The summed E-state index contributed by atoms with van der Waals surface area (Å²) in [6, 6.07) is 34.2. The Morgan fingerprint density at radius 2 is 1.31 bits per heavy atom. The highest BCUT2D eigenvalue weighted by Crippen LogP contribution is 2.30. The number of hydrogen-bond donors (Lipinski definition) is 0. The molecule has 0 fully saturated rings. The number of aromatic nitrogens is 3. The van der Waals surface area contributed by atoms with Crippen LogP contribution in [-0.2, 0) is 0 Å². The van der Waals surface area contributed by atoms with Crippen LogP contribution in [0.5, 0.6) is 0 Å². The average molecular weight is 373 g/mol. The fourth-order valence-corrected chi connectivity index (χ4v) is 4.25. The molecule has 6 aromatic rings. The Bertz CT molecular complexity index is 1520. The molecule has 0 aliphatic rings. The number of nitrogens with zero attached hydrogens (tertiary/aromatic N) is 3. The minimum Gasteiger partial charge on any atom is -0.278 e. The van der Waals surface area contributed by atoms with Crippen molar-refractivity contribution in [2.24, 2.45) is 0 Å². The molecule has 6 rings (SSSR count). The van der Waals surface area contributed by atoms with Gasteiger partial charge in [0.05, 0.1) is 22.1 Å². The lowest BCUT2D eigenvalue weighted by Gasteiger charge is -2.09. The summed E-state index contributed by atoms with van der Waals surface area (Å²) in [4.78, 5) is 4.97. The summed E-state index contributed by atoms with van der Waals surface area (Å²) < 4.78 is 4.51. The normalized spacial score (nSPS) is 11.6. The van der Waals surface area contributed by atoms with Crippen LogP contribution in [0.2, 0.25) is 0 Å². The largest absolute Gasteiger partial charge is 0.278 e. The predicted octanol–water partition coefficient (Wildman–Crippen LogP) is 6.41. The minimum absolute atomic E-state index is 0.939. The van der Waals surface area contributed by atoms with Crippen molar-refractivity contribution >= 4 is 27.8 Å². The van der Waals surface area contributed by atoms with Crippen molar-refractivity contribution in [3.8, 4) is 16.8 Å². The van der Waals surface area contributed by atoms with Crippen LogP contribution in [-0.4, -0.2) is 14.0 Å². The van der Waals surface area contributed by atoms with Gasteiger partial charge in [-0.1, -0.05) is 66.2 Å². The summed E-state index contributed by atoms with van der Waals surface area (Å²) in [6.07, 6.45) is 0. The predicted molar refractivity (Wildman–Crippen MR) is 120 cm³/mol. The van der Waals surface area contributed by atoms with Crippen LogP contribution in [0.1, 0.15) is 5.56 Å². The van der Waals surface area contributed by atoms with Gasteiger partial charge in [0.2, 0.25) is 5.78 Å². The van der Waals surface area contributed by atoms with Crippen LogP contribution in [0.25, 0.3) is 44.7 Å². The van der Waals surface area contributed by atoms with Crippen molar-refractivity contribution in [2.45, 2.75) is 6.92 Å². The Morgan fingerprint density at radius 3 is 2.14 bits per heavy atom. The van der Waals surface area contributed by atoms with Crippen molar-refractivity contribution in [3.05, 3.63) is 103 Å². The van der Waals surface area contributed by atoms with Gasteiger partial charge in [0.15, 0.2) is 0 Å². The summed E-state index contributed by atoms with van der Waals surface area (Å²) in [6.45, 7) is 2.13. The Hall–Kier alpha value is -3.85. The first-order valence-electron chi connectivity index (χ1n) is 9.84. The summed E-state index contributed by atoms with van der Waals surface area (Å²) >= 11 is 0. The van der Waals surface area contributed by atoms with Gasteiger partial charge in [-0.25, -0.2) is 4.98 Å². The topological polar surface area (TPSA) is 22.2 Å². The highest BCUT2D eigenvalue weighted by Gasteiger charge is 2.16. The smallest absolute Gasteiger partial charge is 0.220 e. The van der Waals surface area contributed by atoms with E-state index in [1.54, 1.807) is 0 Å². The van der Waals surface area contributed by atoms with E-state index in [0.717, 1.165) is 33.5 Å². The third kappa shape index (κ3) is 2.41. The number of rotatable bonds is 2. The molecule has 2 aromatic heterocycles. The van der Waals surface area contributed by atoms with Crippen molar-refractivity contribution < 1.29 is 0 Å². The quantitative estimate of drug-likeness (QED) is 0.344. The van der Waals surface area contributed by atoms with Gasteiger partial charge in [-0.15, -0.1) is 0 Å². The second-order valence-electron chi connectivity index (χ2n) is 7.48. The fourth-order valence-electron chi connectivity index (χ4n) is 4.25. The van der Waals surface area contributed by atoms with E-state index in [0.29, 0.717) is 0 Å². The Morgan fingerprint density at radius 1 is 0.621 bits per heavy atom. The molecule has 0 radical (unpaired) electrons. The lowest BCUT2D eigenvalue weighted by atomic mass is 10.0. The third-order valence-electron chi connectivity index (χ3n) is 5.56. The summed E-state index contributed by atoms with van der Waals surface area (Å²) in [5.41, 5.74) is 9.28. The van der Waals surface area contributed by atoms with Crippen molar-refractivity contribution in [3.63, 3.8) is 0 Å². The molecule has 0 bridgehead atoms. The van der Waals surface area contributed by atoms with Crippen LogP contribution in [0, 0.1) is 6.92 Å². The maximum absolute atomic E-state index is 4.97. The minimum atomic E-state index is 0.939. The first-order valence-corrected chi connectivity index (χ1v) is 9.84. The molecule has 138 valence electrons. The Kier molecular flexibility index (Phi) is 3.38. The standard InChI is InChI=1S/C26H19N3/c1-18-8-6-9-19(16-18)20-10-7-11-21(17-20)28-24-14-4-5-15-25(24)29-23-13-3-2-12-22(23)27-26(28)29/h2-17H,1H3. The maximum Gasteiger partial charge on any atom is 0.220 e. The van der Waals surface area contributed by atoms with E-state index in [4.69, 9.17) is 4.98 Å². The van der Waals surface area contributed by atoms with Gasteiger partial charge < -0.3 is 0 Å². The molecule has 2 heterocycles. The Labute approximate surface area is 168 Å². The zero-order valence-electron chi connectivity index (χ0n) is 16.1. The molecule has 0 atom stereocenters. The van der Waals surface area contributed by atoms with Gasteiger partial charge in [-0.2, -0.15) is 0 Å². The molecule has 0 unspecified atom stereocenters. The fraction of sp³-hybridized carbons (Fsp3) is 0.0385. The van der Waals surface area contributed by atoms with Crippen molar-refractivity contribution in [1.82, 2.24) is 14.0 Å². The summed E-state index contributed by atoms with van der Waals surface area (Å²) in [5.74, 6) is 0.939. The number of para-hydroxylation sites is 4. The molecule has 3 nitrogen and oxygen atoms in total. The van der Waals surface area contributed by atoms with Crippen LogP contribution in [0.3, 0.4) is 0 Å². The molecule has 29 heavy (non-hydrogen) atoms. The van der Waals surface area contributed by atoms with Crippen LogP contribution >= 0.6 is 0 Å². The zero-order chi connectivity index (χ0) is 19.4. The second-order valence-corrected chi connectivity index (χ2v) is 7.48. The first-order chi connectivity index (χ1) is 14.3. The first kappa shape index (κ1) is 16.1. The van der Waals surface area contributed by atoms with Gasteiger partial charge in [0.25, 0.3) is 0 Å².